The molecule has 5 rings (SSSR count). The van der Waals surface area contributed by atoms with Crippen LogP contribution in [0, 0.1) is 5.92 Å². The summed E-state index contributed by atoms with van der Waals surface area (Å²) >= 11 is 0. The molecule has 0 saturated heterocycles. The van der Waals surface area contributed by atoms with E-state index in [1.165, 1.54) is 0 Å². The number of pyridine rings is 2. The maximum Gasteiger partial charge on any atom is 0.258 e. The van der Waals surface area contributed by atoms with Crippen molar-refractivity contribution in [3.05, 3.63) is 47.8 Å². The number of anilines is 1. The summed E-state index contributed by atoms with van der Waals surface area (Å²) < 4.78 is 5.44. The van der Waals surface area contributed by atoms with Gasteiger partial charge in [0.25, 0.3) is 5.91 Å². The molecular weight excluding hydrogens is 352 g/mol. The van der Waals surface area contributed by atoms with Crippen LogP contribution in [-0.2, 0) is 6.54 Å². The van der Waals surface area contributed by atoms with Crippen LogP contribution in [0.2, 0.25) is 0 Å². The summed E-state index contributed by atoms with van der Waals surface area (Å²) in [4.78, 5) is 24.2. The number of amides is 1. The number of fused-ring (bicyclic) bond motifs is 2. The minimum atomic E-state index is 0.0168. The number of nitrogens with two attached hydrogens (primary N) is 1. The number of rotatable bonds is 3. The number of nitrogen functional groups attached to an aromatic ring is 1. The van der Waals surface area contributed by atoms with Crippen LogP contribution in [-0.4, -0.2) is 33.9 Å². The predicted octanol–water partition coefficient (Wildman–Crippen LogP) is 3.64. The Morgan fingerprint density at radius 3 is 2.71 bits per heavy atom. The Morgan fingerprint density at radius 1 is 1.18 bits per heavy atom. The van der Waals surface area contributed by atoms with E-state index in [2.05, 4.69) is 11.9 Å². The second kappa shape index (κ2) is 6.19. The van der Waals surface area contributed by atoms with Crippen molar-refractivity contribution < 1.29 is 9.53 Å². The molecule has 2 N–H and O–H groups in total. The Labute approximate surface area is 163 Å². The number of methoxy groups -OCH3 is 1. The van der Waals surface area contributed by atoms with E-state index in [4.69, 9.17) is 15.5 Å². The molecule has 1 aromatic carbocycles. The van der Waals surface area contributed by atoms with Gasteiger partial charge in [0.15, 0.2) is 0 Å². The first-order valence-electron chi connectivity index (χ1n) is 9.60. The highest BCUT2D eigenvalue weighted by atomic mass is 16.5. The summed E-state index contributed by atoms with van der Waals surface area (Å²) in [5, 5.41) is 0.791. The molecular formula is C22H22N4O2. The smallest absolute Gasteiger partial charge is 0.258 e. The first kappa shape index (κ1) is 17.0. The van der Waals surface area contributed by atoms with Crippen molar-refractivity contribution in [1.82, 2.24) is 14.9 Å². The quantitative estimate of drug-likeness (QED) is 0.757. The van der Waals surface area contributed by atoms with Gasteiger partial charge < -0.3 is 15.4 Å². The van der Waals surface area contributed by atoms with Gasteiger partial charge in [-0.1, -0.05) is 25.1 Å². The zero-order valence-electron chi connectivity index (χ0n) is 16.0. The number of carbonyl (C=O) groups is 1. The Hall–Kier alpha value is -3.15. The summed E-state index contributed by atoms with van der Waals surface area (Å²) in [6.45, 7) is 2.75. The van der Waals surface area contributed by atoms with Gasteiger partial charge in [-0.15, -0.1) is 0 Å². The van der Waals surface area contributed by atoms with Crippen molar-refractivity contribution in [1.29, 1.82) is 0 Å². The van der Waals surface area contributed by atoms with E-state index in [1.54, 1.807) is 13.3 Å². The first-order chi connectivity index (χ1) is 13.6. The molecule has 1 aliphatic carbocycles. The molecule has 3 heterocycles. The molecule has 28 heavy (non-hydrogen) atoms. The molecule has 1 amide bonds. The average Bonchev–Trinajstić information content (AvgIpc) is 3.01. The van der Waals surface area contributed by atoms with Gasteiger partial charge in [0.05, 0.1) is 36.1 Å². The fourth-order valence-corrected chi connectivity index (χ4v) is 4.48. The normalized spacial score (nSPS) is 20.9. The Kier molecular flexibility index (Phi) is 3.75. The van der Waals surface area contributed by atoms with E-state index in [0.717, 1.165) is 40.6 Å². The number of hydrogen-bond donors (Lipinski definition) is 1. The zero-order chi connectivity index (χ0) is 19.4. The summed E-state index contributed by atoms with van der Waals surface area (Å²) in [5.74, 6) is 1.23. The molecule has 2 aliphatic rings. The van der Waals surface area contributed by atoms with E-state index in [-0.39, 0.29) is 5.91 Å². The number of ether oxygens (including phenoxy) is 1. The zero-order valence-corrected chi connectivity index (χ0v) is 16.0. The highest BCUT2D eigenvalue weighted by molar-refractivity contribution is 6.11. The van der Waals surface area contributed by atoms with Crippen molar-refractivity contribution in [2.24, 2.45) is 5.92 Å². The maximum absolute atomic E-state index is 13.0. The topological polar surface area (TPSA) is 81.3 Å². The van der Waals surface area contributed by atoms with E-state index in [0.29, 0.717) is 35.6 Å². The fraction of sp³-hybridized carbons (Fsp3) is 0.318. The first-order valence-corrected chi connectivity index (χ1v) is 9.60. The third-order valence-corrected chi connectivity index (χ3v) is 5.97. The van der Waals surface area contributed by atoms with Crippen LogP contribution >= 0.6 is 0 Å². The van der Waals surface area contributed by atoms with Gasteiger partial charge in [0.2, 0.25) is 5.88 Å². The van der Waals surface area contributed by atoms with Crippen LogP contribution in [0.3, 0.4) is 0 Å². The standard InChI is InChI=1S/C22H22N4O2/c1-12-9-13(10-12)26-11-17-18(22(26)27)19(23)16-6-3-5-14(20(16)25-17)15-7-4-8-24-21(15)28-2/h3-8,12-13H,9-11H2,1-2H3,(H2,23,25). The molecule has 0 atom stereocenters. The van der Waals surface area contributed by atoms with Gasteiger partial charge >= 0.3 is 0 Å². The van der Waals surface area contributed by atoms with Crippen LogP contribution in [0.15, 0.2) is 36.5 Å². The van der Waals surface area contributed by atoms with E-state index < -0.39 is 0 Å². The molecule has 2 aromatic heterocycles. The molecule has 6 heteroatoms. The summed E-state index contributed by atoms with van der Waals surface area (Å²) in [5.41, 5.74) is 10.9. The molecule has 1 fully saturated rings. The third kappa shape index (κ3) is 2.37. The highest BCUT2D eigenvalue weighted by Gasteiger charge is 2.40. The van der Waals surface area contributed by atoms with Crippen molar-refractivity contribution in [2.45, 2.75) is 32.4 Å². The van der Waals surface area contributed by atoms with Crippen LogP contribution in [0.25, 0.3) is 22.0 Å². The van der Waals surface area contributed by atoms with Crippen molar-refractivity contribution in [2.75, 3.05) is 12.8 Å². The van der Waals surface area contributed by atoms with Gasteiger partial charge in [-0.05, 0) is 30.9 Å². The van der Waals surface area contributed by atoms with Crippen molar-refractivity contribution in [3.63, 3.8) is 0 Å². The number of carbonyl (C=O) groups excluding carboxylic acids is 1. The minimum absolute atomic E-state index is 0.0168. The van der Waals surface area contributed by atoms with Gasteiger partial charge in [0, 0.05) is 28.8 Å². The van der Waals surface area contributed by atoms with Crippen LogP contribution in [0.4, 0.5) is 5.69 Å². The molecule has 142 valence electrons. The molecule has 6 nitrogen and oxygen atoms in total. The largest absolute Gasteiger partial charge is 0.481 e. The number of aromatic nitrogens is 2. The monoisotopic (exact) mass is 374 g/mol. The molecule has 0 unspecified atom stereocenters. The van der Waals surface area contributed by atoms with Crippen LogP contribution < -0.4 is 10.5 Å². The second-order valence-electron chi connectivity index (χ2n) is 7.77. The predicted molar refractivity (Wildman–Crippen MR) is 108 cm³/mol. The molecule has 0 radical (unpaired) electrons. The lowest BCUT2D eigenvalue weighted by atomic mass is 9.81. The van der Waals surface area contributed by atoms with Gasteiger partial charge in [-0.2, -0.15) is 0 Å². The molecule has 0 spiro atoms. The highest BCUT2D eigenvalue weighted by Crippen LogP contribution is 2.41. The molecule has 1 saturated carbocycles. The van der Waals surface area contributed by atoms with Gasteiger partial charge in [-0.25, -0.2) is 9.97 Å². The van der Waals surface area contributed by atoms with E-state index in [9.17, 15) is 4.79 Å². The lowest BCUT2D eigenvalue weighted by Crippen LogP contribution is -2.44. The molecule has 1 aliphatic heterocycles. The lowest BCUT2D eigenvalue weighted by Gasteiger charge is -2.39. The van der Waals surface area contributed by atoms with Crippen LogP contribution in [0.1, 0.15) is 35.8 Å². The fourth-order valence-electron chi connectivity index (χ4n) is 4.48. The number of para-hydroxylation sites is 1. The number of hydrogen-bond acceptors (Lipinski definition) is 5. The van der Waals surface area contributed by atoms with E-state index in [1.807, 2.05) is 35.2 Å². The summed E-state index contributed by atoms with van der Waals surface area (Å²) in [6.07, 6.45) is 3.80. The van der Waals surface area contributed by atoms with Crippen LogP contribution in [0.5, 0.6) is 5.88 Å². The SMILES string of the molecule is COc1ncccc1-c1cccc2c(N)c3c(nc12)CN(C1CC(C)C1)C3=O. The average molecular weight is 374 g/mol. The molecule has 3 aromatic rings. The second-order valence-corrected chi connectivity index (χ2v) is 7.77. The van der Waals surface area contributed by atoms with Crippen molar-refractivity contribution in [3.8, 4) is 17.0 Å². The summed E-state index contributed by atoms with van der Waals surface area (Å²) in [7, 11) is 1.60. The van der Waals surface area contributed by atoms with Gasteiger partial charge in [0.1, 0.15) is 0 Å². The molecule has 0 bridgehead atoms. The maximum atomic E-state index is 13.0. The van der Waals surface area contributed by atoms with E-state index >= 15 is 0 Å². The Morgan fingerprint density at radius 2 is 1.96 bits per heavy atom. The lowest BCUT2D eigenvalue weighted by molar-refractivity contribution is 0.0509. The summed E-state index contributed by atoms with van der Waals surface area (Å²) in [6, 6.07) is 9.97. The number of nitrogens with zero attached hydrogens (tertiary/aromatic N) is 3. The van der Waals surface area contributed by atoms with Gasteiger partial charge in [-0.3, -0.25) is 4.79 Å². The van der Waals surface area contributed by atoms with Crippen molar-refractivity contribution >= 4 is 22.5 Å². The Bertz CT molecular complexity index is 1110. The number of benzene rings is 1. The Balaban J connectivity index is 1.67. The third-order valence-electron chi connectivity index (χ3n) is 5.97. The minimum Gasteiger partial charge on any atom is -0.481 e.